The monoisotopic (exact) mass is 380 g/mol. The summed E-state index contributed by atoms with van der Waals surface area (Å²) < 4.78 is 16.3. The molecule has 9 heteroatoms. The number of hydrogen-bond donors (Lipinski definition) is 1. The molecule has 5 rings (SSSR count). The summed E-state index contributed by atoms with van der Waals surface area (Å²) in [6.07, 6.45) is 0. The van der Waals surface area contributed by atoms with Crippen LogP contribution in [0.1, 0.15) is 5.82 Å². The van der Waals surface area contributed by atoms with Crippen molar-refractivity contribution in [2.75, 3.05) is 6.79 Å². The predicted octanol–water partition coefficient (Wildman–Crippen LogP) is 2.99. The van der Waals surface area contributed by atoms with Gasteiger partial charge in [0.1, 0.15) is 5.82 Å². The molecule has 27 heavy (non-hydrogen) atoms. The second-order valence-electron chi connectivity index (χ2n) is 5.76. The van der Waals surface area contributed by atoms with Gasteiger partial charge in [0.2, 0.25) is 12.7 Å². The molecule has 1 aliphatic rings. The van der Waals surface area contributed by atoms with E-state index < -0.39 is 0 Å². The zero-order valence-corrected chi connectivity index (χ0v) is 14.7. The van der Waals surface area contributed by atoms with Crippen LogP contribution in [-0.2, 0) is 5.75 Å². The Morgan fingerprint density at radius 2 is 1.96 bits per heavy atom. The quantitative estimate of drug-likeness (QED) is 0.539. The fourth-order valence-electron chi connectivity index (χ4n) is 2.75. The molecule has 0 unspecified atom stereocenters. The number of hydrogen-bond acceptors (Lipinski definition) is 8. The van der Waals surface area contributed by atoms with Crippen LogP contribution in [0.25, 0.3) is 22.4 Å². The minimum atomic E-state index is -0.164. The summed E-state index contributed by atoms with van der Waals surface area (Å²) in [5, 5.41) is 9.06. The van der Waals surface area contributed by atoms with E-state index in [0.29, 0.717) is 45.1 Å². The van der Waals surface area contributed by atoms with Crippen molar-refractivity contribution >= 4 is 22.7 Å². The van der Waals surface area contributed by atoms with Crippen molar-refractivity contribution in [3.8, 4) is 23.0 Å². The summed E-state index contributed by atoms with van der Waals surface area (Å²) >= 11 is 1.30. The van der Waals surface area contributed by atoms with E-state index in [-0.39, 0.29) is 12.4 Å². The lowest BCUT2D eigenvalue weighted by Crippen LogP contribution is -2.11. The van der Waals surface area contributed by atoms with E-state index in [1.807, 2.05) is 24.3 Å². The van der Waals surface area contributed by atoms with Gasteiger partial charge >= 0.3 is 0 Å². The molecule has 2 aromatic heterocycles. The van der Waals surface area contributed by atoms with Gasteiger partial charge in [0.05, 0.1) is 16.7 Å². The first-order valence-corrected chi connectivity index (χ1v) is 9.09. The highest BCUT2D eigenvalue weighted by molar-refractivity contribution is 7.98. The zero-order chi connectivity index (χ0) is 18.2. The summed E-state index contributed by atoms with van der Waals surface area (Å²) in [6.45, 7) is 0.209. The maximum atomic E-state index is 12.1. The molecule has 8 nitrogen and oxygen atoms in total. The topological polar surface area (TPSA) is 103 Å². The average molecular weight is 380 g/mol. The van der Waals surface area contributed by atoms with Crippen LogP contribution in [0.5, 0.6) is 11.5 Å². The first kappa shape index (κ1) is 15.9. The van der Waals surface area contributed by atoms with Crippen molar-refractivity contribution in [2.24, 2.45) is 0 Å². The van der Waals surface area contributed by atoms with Gasteiger partial charge in [-0.05, 0) is 30.3 Å². The maximum Gasteiger partial charge on any atom is 0.277 e. The number of para-hydroxylation sites is 1. The Bertz CT molecular complexity index is 1200. The van der Waals surface area contributed by atoms with Crippen LogP contribution in [-0.4, -0.2) is 27.0 Å². The molecular formula is C18H12N4O4S. The van der Waals surface area contributed by atoms with Gasteiger partial charge in [-0.3, -0.25) is 4.79 Å². The summed E-state index contributed by atoms with van der Waals surface area (Å²) in [6, 6.07) is 12.6. The van der Waals surface area contributed by atoms with E-state index in [2.05, 4.69) is 20.2 Å². The first-order chi connectivity index (χ1) is 13.3. The summed E-state index contributed by atoms with van der Waals surface area (Å²) in [5.41, 5.74) is 1.24. The van der Waals surface area contributed by atoms with Crippen LogP contribution in [0.15, 0.2) is 56.9 Å². The van der Waals surface area contributed by atoms with Crippen molar-refractivity contribution in [2.45, 2.75) is 11.0 Å². The highest BCUT2D eigenvalue weighted by Gasteiger charge is 2.17. The van der Waals surface area contributed by atoms with Gasteiger partial charge in [0, 0.05) is 5.56 Å². The Labute approximate surface area is 156 Å². The van der Waals surface area contributed by atoms with Crippen LogP contribution in [0, 0.1) is 0 Å². The molecular weight excluding hydrogens is 368 g/mol. The molecule has 0 saturated carbocycles. The smallest absolute Gasteiger partial charge is 0.277 e. The van der Waals surface area contributed by atoms with E-state index in [1.54, 1.807) is 18.2 Å². The van der Waals surface area contributed by atoms with Gasteiger partial charge in [-0.2, -0.15) is 0 Å². The van der Waals surface area contributed by atoms with Crippen LogP contribution in [0.4, 0.5) is 0 Å². The Morgan fingerprint density at radius 1 is 1.07 bits per heavy atom. The molecule has 0 radical (unpaired) electrons. The number of rotatable bonds is 4. The summed E-state index contributed by atoms with van der Waals surface area (Å²) in [7, 11) is 0. The summed E-state index contributed by atoms with van der Waals surface area (Å²) in [5.74, 6) is 2.68. The normalized spacial score (nSPS) is 12.6. The molecule has 0 fully saturated rings. The third-order valence-electron chi connectivity index (χ3n) is 4.02. The molecule has 134 valence electrons. The van der Waals surface area contributed by atoms with E-state index >= 15 is 0 Å². The molecule has 2 aromatic carbocycles. The molecule has 0 saturated heterocycles. The van der Waals surface area contributed by atoms with Crippen molar-refractivity contribution in [3.05, 3.63) is 58.6 Å². The van der Waals surface area contributed by atoms with Gasteiger partial charge in [-0.1, -0.05) is 23.9 Å². The van der Waals surface area contributed by atoms with Crippen molar-refractivity contribution in [3.63, 3.8) is 0 Å². The largest absolute Gasteiger partial charge is 0.454 e. The highest BCUT2D eigenvalue weighted by atomic mass is 32.2. The van der Waals surface area contributed by atoms with Crippen LogP contribution in [0.2, 0.25) is 0 Å². The molecule has 4 aromatic rings. The molecule has 3 heterocycles. The highest BCUT2D eigenvalue weighted by Crippen LogP contribution is 2.36. The summed E-state index contributed by atoms with van der Waals surface area (Å²) in [4.78, 5) is 19.4. The zero-order valence-electron chi connectivity index (χ0n) is 13.8. The molecule has 0 aliphatic carbocycles. The predicted molar refractivity (Wildman–Crippen MR) is 97.8 cm³/mol. The van der Waals surface area contributed by atoms with Crippen LogP contribution < -0.4 is 15.0 Å². The molecule has 1 N–H and O–H groups in total. The molecule has 0 atom stereocenters. The number of H-pyrrole nitrogens is 1. The van der Waals surface area contributed by atoms with Crippen LogP contribution >= 0.6 is 11.8 Å². The number of thioether (sulfide) groups is 1. The number of aromatic amines is 1. The Kier molecular flexibility index (Phi) is 3.79. The lowest BCUT2D eigenvalue weighted by atomic mass is 10.2. The molecule has 0 spiro atoms. The van der Waals surface area contributed by atoms with Gasteiger partial charge < -0.3 is 18.9 Å². The van der Waals surface area contributed by atoms with Crippen molar-refractivity contribution in [1.82, 2.24) is 20.2 Å². The minimum Gasteiger partial charge on any atom is -0.454 e. The fraction of sp³-hybridized carbons (Fsp3) is 0.111. The number of benzene rings is 2. The third-order valence-corrected chi connectivity index (χ3v) is 4.85. The van der Waals surface area contributed by atoms with Crippen LogP contribution in [0.3, 0.4) is 0 Å². The van der Waals surface area contributed by atoms with E-state index in [4.69, 9.17) is 13.9 Å². The Hall–Kier alpha value is -3.33. The molecule has 1 aliphatic heterocycles. The van der Waals surface area contributed by atoms with Gasteiger partial charge in [0.25, 0.3) is 10.8 Å². The lowest BCUT2D eigenvalue weighted by molar-refractivity contribution is 0.174. The SMILES string of the molecule is O=c1[nH]c(CSc2nnc(-c3ccc4c(c3)OCO4)o2)nc2ccccc12. The lowest BCUT2D eigenvalue weighted by Gasteiger charge is -2.01. The second kappa shape index (κ2) is 6.44. The van der Waals surface area contributed by atoms with E-state index in [1.165, 1.54) is 11.8 Å². The van der Waals surface area contributed by atoms with Crippen molar-refractivity contribution in [1.29, 1.82) is 0 Å². The standard InChI is InChI=1S/C18H12N4O4S/c23-16-11-3-1-2-4-12(11)19-15(20-16)8-27-18-22-21-17(26-18)10-5-6-13-14(7-10)25-9-24-13/h1-7H,8-9H2,(H,19,20,23). The van der Waals surface area contributed by atoms with Gasteiger partial charge in [-0.15, -0.1) is 10.2 Å². The molecule has 0 bridgehead atoms. The average Bonchev–Trinajstić information content (AvgIpc) is 3.35. The van der Waals surface area contributed by atoms with Gasteiger partial charge in [0.15, 0.2) is 11.5 Å². The van der Waals surface area contributed by atoms with Crippen molar-refractivity contribution < 1.29 is 13.9 Å². The Balaban J connectivity index is 1.35. The van der Waals surface area contributed by atoms with E-state index in [0.717, 1.165) is 5.56 Å². The number of nitrogens with one attached hydrogen (secondary N) is 1. The van der Waals surface area contributed by atoms with E-state index in [9.17, 15) is 4.79 Å². The maximum absolute atomic E-state index is 12.1. The number of fused-ring (bicyclic) bond motifs is 2. The third kappa shape index (κ3) is 3.02. The minimum absolute atomic E-state index is 0.164. The number of aromatic nitrogens is 4. The first-order valence-electron chi connectivity index (χ1n) is 8.10. The number of ether oxygens (including phenoxy) is 2. The molecule has 0 amide bonds. The fourth-order valence-corrected chi connectivity index (χ4v) is 3.38. The van der Waals surface area contributed by atoms with Gasteiger partial charge in [-0.25, -0.2) is 4.98 Å². The second-order valence-corrected chi connectivity index (χ2v) is 6.69. The number of nitrogens with zero attached hydrogens (tertiary/aromatic N) is 3. The Morgan fingerprint density at radius 3 is 2.93 bits per heavy atom.